The van der Waals surface area contributed by atoms with E-state index in [1.165, 1.54) is 5.56 Å². The third kappa shape index (κ3) is 5.99. The van der Waals surface area contributed by atoms with Crippen LogP contribution in [-0.2, 0) is 12.8 Å². The quantitative estimate of drug-likeness (QED) is 0.165. The molecule has 1 aliphatic heterocycles. The van der Waals surface area contributed by atoms with Gasteiger partial charge in [-0.25, -0.2) is 9.67 Å². The van der Waals surface area contributed by atoms with E-state index < -0.39 is 0 Å². The van der Waals surface area contributed by atoms with Gasteiger partial charge < -0.3 is 21.1 Å². The second-order valence-electron chi connectivity index (χ2n) is 7.87. The molecule has 34 heavy (non-hydrogen) atoms. The Bertz CT molecular complexity index is 1130. The van der Waals surface area contributed by atoms with Crippen LogP contribution in [0, 0.1) is 11.3 Å². The molecule has 4 rings (SSSR count). The highest BCUT2D eigenvalue weighted by Crippen LogP contribution is 2.28. The number of benzene rings is 2. The van der Waals surface area contributed by atoms with Gasteiger partial charge >= 0.3 is 0 Å². The van der Waals surface area contributed by atoms with Crippen molar-refractivity contribution in [3.63, 3.8) is 0 Å². The fourth-order valence-electron chi connectivity index (χ4n) is 3.89. The molecule has 1 aromatic heterocycles. The molecule has 2 heterocycles. The van der Waals surface area contributed by atoms with E-state index in [1.54, 1.807) is 4.68 Å². The van der Waals surface area contributed by atoms with Crippen molar-refractivity contribution in [2.75, 3.05) is 25.4 Å². The Morgan fingerprint density at radius 1 is 1.21 bits per heavy atom. The molecule has 0 bridgehead atoms. The maximum absolute atomic E-state index is 9.57. The van der Waals surface area contributed by atoms with Crippen LogP contribution < -0.4 is 21.1 Å². The van der Waals surface area contributed by atoms with Crippen molar-refractivity contribution in [2.45, 2.75) is 32.3 Å². The monoisotopic (exact) mass is 571 g/mol. The van der Waals surface area contributed by atoms with Gasteiger partial charge in [-0.2, -0.15) is 10.4 Å². The Labute approximate surface area is 217 Å². The molecule has 0 fully saturated rings. The molecule has 1 aliphatic rings. The summed E-state index contributed by atoms with van der Waals surface area (Å²) in [4.78, 5) is 4.69. The summed E-state index contributed by atoms with van der Waals surface area (Å²) in [6.45, 7) is 4.09. The van der Waals surface area contributed by atoms with Gasteiger partial charge in [0, 0.05) is 19.5 Å². The average molecular weight is 571 g/mol. The molecule has 0 spiro atoms. The van der Waals surface area contributed by atoms with Gasteiger partial charge in [-0.05, 0) is 43.5 Å². The fourth-order valence-corrected chi connectivity index (χ4v) is 3.89. The minimum Gasteiger partial charge on any atom is -0.488 e. The normalized spacial score (nSPS) is 14.5. The molecule has 1 atom stereocenters. The van der Waals surface area contributed by atoms with Crippen LogP contribution in [0.2, 0.25) is 0 Å². The number of nitrogens with one attached hydrogen (secondary N) is 2. The van der Waals surface area contributed by atoms with Crippen LogP contribution in [0.25, 0.3) is 5.69 Å². The Morgan fingerprint density at radius 3 is 2.71 bits per heavy atom. The van der Waals surface area contributed by atoms with Crippen molar-refractivity contribution in [2.24, 2.45) is 4.99 Å². The van der Waals surface area contributed by atoms with Gasteiger partial charge in [-0.1, -0.05) is 36.4 Å². The number of guanidine groups is 1. The van der Waals surface area contributed by atoms with E-state index in [9.17, 15) is 5.26 Å². The number of para-hydroxylation sites is 2. The number of nitrogen functional groups attached to an aromatic ring is 1. The highest BCUT2D eigenvalue weighted by Gasteiger charge is 2.22. The van der Waals surface area contributed by atoms with E-state index in [0.29, 0.717) is 36.6 Å². The zero-order valence-corrected chi connectivity index (χ0v) is 21.5. The Balaban J connectivity index is 0.00000324. The molecule has 0 aliphatic carbocycles. The number of hydrogen-bond donors (Lipinski definition) is 3. The summed E-state index contributed by atoms with van der Waals surface area (Å²) < 4.78 is 7.61. The van der Waals surface area contributed by atoms with Gasteiger partial charge in [0.2, 0.25) is 0 Å². The van der Waals surface area contributed by atoms with Crippen molar-refractivity contribution in [1.82, 2.24) is 20.4 Å². The van der Waals surface area contributed by atoms with Crippen LogP contribution in [0.4, 0.5) is 5.82 Å². The van der Waals surface area contributed by atoms with Gasteiger partial charge in [0.05, 0.1) is 17.9 Å². The zero-order valence-electron chi connectivity index (χ0n) is 19.2. The van der Waals surface area contributed by atoms with Gasteiger partial charge in [0.15, 0.2) is 5.96 Å². The summed E-state index contributed by atoms with van der Waals surface area (Å²) in [6, 6.07) is 19.9. The molecule has 2 aromatic carbocycles. The SMILES string of the molecule is CCNC(=NCC1Cc2ccccc2O1)NCCCc1nn(-c2ccccc2)c(N)c1C#N.I. The fraction of sp³-hybridized carbons (Fsp3) is 0.320. The minimum absolute atomic E-state index is 0. The molecular weight excluding hydrogens is 541 g/mol. The molecule has 0 saturated carbocycles. The lowest BCUT2D eigenvalue weighted by atomic mass is 10.1. The number of fused-ring (bicyclic) bond motifs is 1. The first kappa shape index (κ1) is 25.4. The second-order valence-corrected chi connectivity index (χ2v) is 7.87. The summed E-state index contributed by atoms with van der Waals surface area (Å²) in [5.74, 6) is 2.09. The first-order valence-electron chi connectivity index (χ1n) is 11.3. The van der Waals surface area contributed by atoms with E-state index in [4.69, 9.17) is 15.5 Å². The van der Waals surface area contributed by atoms with Crippen LogP contribution in [0.15, 0.2) is 59.6 Å². The van der Waals surface area contributed by atoms with E-state index in [0.717, 1.165) is 36.8 Å². The van der Waals surface area contributed by atoms with E-state index in [2.05, 4.69) is 27.9 Å². The van der Waals surface area contributed by atoms with E-state index >= 15 is 0 Å². The molecule has 3 aromatic rings. The summed E-state index contributed by atoms with van der Waals surface area (Å²) in [5, 5.41) is 20.8. The van der Waals surface area contributed by atoms with Crippen molar-refractivity contribution in [3.8, 4) is 17.5 Å². The Morgan fingerprint density at radius 2 is 1.97 bits per heavy atom. The number of halogens is 1. The topological polar surface area (TPSA) is 113 Å². The number of aliphatic imine (C=N–C) groups is 1. The number of nitrogens with two attached hydrogens (primary N) is 1. The highest BCUT2D eigenvalue weighted by atomic mass is 127. The lowest BCUT2D eigenvalue weighted by Gasteiger charge is -2.13. The number of anilines is 1. The van der Waals surface area contributed by atoms with Crippen molar-refractivity contribution >= 4 is 35.8 Å². The lowest BCUT2D eigenvalue weighted by molar-refractivity contribution is 0.241. The first-order chi connectivity index (χ1) is 16.2. The molecule has 8 nitrogen and oxygen atoms in total. The number of rotatable bonds is 8. The lowest BCUT2D eigenvalue weighted by Crippen LogP contribution is -2.38. The van der Waals surface area contributed by atoms with E-state index in [1.807, 2.05) is 55.5 Å². The molecule has 4 N–H and O–H groups in total. The van der Waals surface area contributed by atoms with Crippen LogP contribution in [0.5, 0.6) is 5.75 Å². The number of nitriles is 1. The molecule has 0 radical (unpaired) electrons. The van der Waals surface area contributed by atoms with Crippen molar-refractivity contribution < 1.29 is 4.74 Å². The second kappa shape index (κ2) is 12.3. The van der Waals surface area contributed by atoms with Crippen LogP contribution in [0.3, 0.4) is 0 Å². The van der Waals surface area contributed by atoms with Gasteiger partial charge in [0.25, 0.3) is 0 Å². The summed E-state index contributed by atoms with van der Waals surface area (Å²) in [7, 11) is 0. The third-order valence-corrected chi connectivity index (χ3v) is 5.50. The van der Waals surface area contributed by atoms with Gasteiger partial charge in [0.1, 0.15) is 29.3 Å². The van der Waals surface area contributed by atoms with Crippen molar-refractivity contribution in [1.29, 1.82) is 5.26 Å². The van der Waals surface area contributed by atoms with Crippen LogP contribution >= 0.6 is 24.0 Å². The Kier molecular flexibility index (Phi) is 9.16. The summed E-state index contributed by atoms with van der Waals surface area (Å²) in [5.41, 5.74) is 9.42. The predicted molar refractivity (Wildman–Crippen MR) is 145 cm³/mol. The number of aryl methyl sites for hydroxylation is 1. The van der Waals surface area contributed by atoms with Gasteiger partial charge in [-0.3, -0.25) is 0 Å². The predicted octanol–water partition coefficient (Wildman–Crippen LogP) is 3.44. The zero-order chi connectivity index (χ0) is 23.0. The highest BCUT2D eigenvalue weighted by molar-refractivity contribution is 14.0. The van der Waals surface area contributed by atoms with Crippen LogP contribution in [0.1, 0.15) is 30.2 Å². The Hall–Kier alpha value is -3.26. The molecule has 0 saturated heterocycles. The van der Waals surface area contributed by atoms with Crippen LogP contribution in [-0.4, -0.2) is 41.5 Å². The standard InChI is InChI=1S/C25H29N7O.HI/c1-2-28-25(30-17-20-15-18-9-6-7-13-23(18)33-20)29-14-8-12-22-21(16-26)24(27)32(31-22)19-10-4-3-5-11-19;/h3-7,9-11,13,20H,2,8,12,14-15,17,27H2,1H3,(H2,28,29,30);1H. The molecule has 1 unspecified atom stereocenters. The number of hydrogen-bond acceptors (Lipinski definition) is 5. The van der Waals surface area contributed by atoms with Gasteiger partial charge in [-0.15, -0.1) is 24.0 Å². The van der Waals surface area contributed by atoms with Crippen molar-refractivity contribution in [3.05, 3.63) is 71.4 Å². The summed E-state index contributed by atoms with van der Waals surface area (Å²) >= 11 is 0. The average Bonchev–Trinajstić information content (AvgIpc) is 3.40. The maximum Gasteiger partial charge on any atom is 0.191 e. The minimum atomic E-state index is 0. The maximum atomic E-state index is 9.57. The number of ether oxygens (including phenoxy) is 1. The first-order valence-corrected chi connectivity index (χ1v) is 11.3. The number of nitrogens with zero attached hydrogens (tertiary/aromatic N) is 4. The largest absolute Gasteiger partial charge is 0.488 e. The number of aromatic nitrogens is 2. The molecule has 178 valence electrons. The molecular formula is C25H30IN7O. The third-order valence-electron chi connectivity index (χ3n) is 5.50. The molecule has 0 amide bonds. The van der Waals surface area contributed by atoms with E-state index in [-0.39, 0.29) is 30.1 Å². The molecule has 9 heteroatoms. The summed E-state index contributed by atoms with van der Waals surface area (Å²) in [6.07, 6.45) is 2.36. The smallest absolute Gasteiger partial charge is 0.191 e.